The first-order chi connectivity index (χ1) is 13.9. The predicted molar refractivity (Wildman–Crippen MR) is 98.1 cm³/mol. The molecule has 168 valence electrons. The van der Waals surface area contributed by atoms with Crippen LogP contribution in [0.25, 0.3) is 0 Å². The summed E-state index contributed by atoms with van der Waals surface area (Å²) in [6, 6.07) is 4.25. The summed E-state index contributed by atoms with van der Waals surface area (Å²) in [6.45, 7) is 4.30. The fraction of sp³-hybridized carbons (Fsp3) is 0.375. The van der Waals surface area contributed by atoms with Crippen LogP contribution in [0.1, 0.15) is 31.1 Å². The zero-order chi connectivity index (χ0) is 22.9. The quantitative estimate of drug-likeness (QED) is 0.125. The van der Waals surface area contributed by atoms with Crippen LogP contribution < -0.4 is 4.18 Å². The van der Waals surface area contributed by atoms with Gasteiger partial charge in [-0.05, 0) is 45.0 Å². The minimum Gasteiger partial charge on any atom is -0.457 e. The smallest absolute Gasteiger partial charge is 0.353 e. The average Bonchev–Trinajstić information content (AvgIpc) is 2.61. The summed E-state index contributed by atoms with van der Waals surface area (Å²) in [7, 11) is -3.97. The summed E-state index contributed by atoms with van der Waals surface area (Å²) >= 11 is -0.347. The highest BCUT2D eigenvalue weighted by Gasteiger charge is 2.29. The topological polar surface area (TPSA) is 124 Å². The van der Waals surface area contributed by atoms with Crippen molar-refractivity contribution in [2.24, 2.45) is 0 Å². The van der Waals surface area contributed by atoms with E-state index in [-0.39, 0.29) is 23.4 Å². The first-order valence-corrected chi connectivity index (χ1v) is 10.0. The van der Waals surface area contributed by atoms with Crippen LogP contribution in [0.15, 0.2) is 34.6 Å². The van der Waals surface area contributed by atoms with E-state index in [9.17, 15) is 26.8 Å². The maximum Gasteiger partial charge on any atom is 0.353 e. The second-order valence-corrected chi connectivity index (χ2v) is 8.61. The molecular weight excluding hydrogens is 454 g/mol. The average molecular weight is 472 g/mol. The molecule has 0 aliphatic rings. The van der Waals surface area contributed by atoms with Gasteiger partial charge in [0.05, 0.1) is 24.7 Å². The molecule has 0 fully saturated rings. The van der Waals surface area contributed by atoms with Gasteiger partial charge in [-0.15, -0.1) is 4.33 Å². The van der Waals surface area contributed by atoms with Crippen molar-refractivity contribution in [2.75, 3.05) is 13.7 Å². The van der Waals surface area contributed by atoms with E-state index >= 15 is 0 Å². The molecule has 0 aliphatic heterocycles. The standard InChI is InChI=1S/C16H18F2O10S2/c1-16(2,3)25-12(19)9-24-14(20)10-5-7-11(8-6-10)26-30(21,22)15(13(17)18)29-28-27-23-4/h5-8H,9H2,1-4H3. The van der Waals surface area contributed by atoms with Crippen molar-refractivity contribution in [3.05, 3.63) is 40.1 Å². The van der Waals surface area contributed by atoms with E-state index in [0.29, 0.717) is 0 Å². The van der Waals surface area contributed by atoms with E-state index in [0.717, 1.165) is 31.4 Å². The van der Waals surface area contributed by atoms with Crippen LogP contribution in [0.3, 0.4) is 0 Å². The van der Waals surface area contributed by atoms with Crippen LogP contribution in [0.2, 0.25) is 0 Å². The third-order valence-electron chi connectivity index (χ3n) is 2.62. The number of rotatable bonds is 10. The second kappa shape index (κ2) is 11.2. The van der Waals surface area contributed by atoms with Gasteiger partial charge in [0, 0.05) is 0 Å². The van der Waals surface area contributed by atoms with Gasteiger partial charge in [0.1, 0.15) is 11.4 Å². The lowest BCUT2D eigenvalue weighted by Gasteiger charge is -2.19. The molecule has 0 saturated heterocycles. The Hall–Kier alpha value is -2.26. The molecule has 0 amide bonds. The van der Waals surface area contributed by atoms with Crippen LogP contribution in [0, 0.1) is 0 Å². The summed E-state index contributed by atoms with van der Waals surface area (Å²) in [6.07, 6.45) is -2.61. The van der Waals surface area contributed by atoms with Gasteiger partial charge in [-0.1, -0.05) is 5.04 Å². The van der Waals surface area contributed by atoms with E-state index in [1.807, 2.05) is 0 Å². The van der Waals surface area contributed by atoms with Crippen molar-refractivity contribution in [1.82, 2.24) is 0 Å². The van der Waals surface area contributed by atoms with Gasteiger partial charge in [-0.3, -0.25) is 0 Å². The summed E-state index contributed by atoms with van der Waals surface area (Å²) < 4.78 is 66.4. The number of carbonyl (C=O) groups is 2. The van der Waals surface area contributed by atoms with Gasteiger partial charge in [-0.25, -0.2) is 14.5 Å². The number of esters is 2. The lowest BCUT2D eigenvalue weighted by atomic mass is 10.2. The van der Waals surface area contributed by atoms with Gasteiger partial charge in [0.2, 0.25) is 4.24 Å². The lowest BCUT2D eigenvalue weighted by molar-refractivity contribution is -0.447. The Kier molecular flexibility index (Phi) is 9.64. The first-order valence-electron chi connectivity index (χ1n) is 7.88. The number of carbonyl (C=O) groups excluding carboxylic acids is 2. The SMILES string of the molecule is COOOSC(=C(F)F)S(=O)(=O)Oc1ccc(C(=O)OCC(=O)OC(C)(C)C)cc1. The molecule has 0 spiro atoms. The van der Waals surface area contributed by atoms with Crippen LogP contribution >= 0.6 is 12.0 Å². The number of hydrogen-bond donors (Lipinski definition) is 0. The fourth-order valence-corrected chi connectivity index (χ4v) is 2.99. The molecule has 0 N–H and O–H groups in total. The third kappa shape index (κ3) is 9.04. The fourth-order valence-electron chi connectivity index (χ4n) is 1.63. The Morgan fingerprint density at radius 3 is 2.20 bits per heavy atom. The number of ether oxygens (including phenoxy) is 2. The molecule has 0 atom stereocenters. The van der Waals surface area contributed by atoms with E-state index in [4.69, 9.17) is 9.47 Å². The maximum absolute atomic E-state index is 12.9. The molecule has 0 bridgehead atoms. The van der Waals surface area contributed by atoms with Crippen molar-refractivity contribution >= 4 is 34.1 Å². The van der Waals surface area contributed by atoms with Crippen molar-refractivity contribution in [2.45, 2.75) is 26.4 Å². The first kappa shape index (κ1) is 25.8. The monoisotopic (exact) mass is 472 g/mol. The Morgan fingerprint density at radius 2 is 1.70 bits per heavy atom. The van der Waals surface area contributed by atoms with Gasteiger partial charge in [-0.2, -0.15) is 17.2 Å². The summed E-state index contributed by atoms with van der Waals surface area (Å²) in [5, 5.41) is 3.86. The summed E-state index contributed by atoms with van der Waals surface area (Å²) in [4.78, 5) is 27.4. The normalized spacial score (nSPS) is 11.5. The molecule has 1 aromatic carbocycles. The Balaban J connectivity index is 2.76. The minimum absolute atomic E-state index is 0.0538. The van der Waals surface area contributed by atoms with Crippen LogP contribution in [0.5, 0.6) is 5.75 Å². The zero-order valence-electron chi connectivity index (χ0n) is 16.2. The van der Waals surface area contributed by atoms with Crippen LogP contribution in [-0.4, -0.2) is 39.7 Å². The predicted octanol–water partition coefficient (Wildman–Crippen LogP) is 3.12. The molecule has 1 aromatic rings. The van der Waals surface area contributed by atoms with Crippen molar-refractivity contribution in [1.29, 1.82) is 0 Å². The van der Waals surface area contributed by atoms with Crippen LogP contribution in [-0.2, 0) is 38.6 Å². The Labute approximate surface area is 175 Å². The van der Waals surface area contributed by atoms with Gasteiger partial charge in [0.15, 0.2) is 6.61 Å². The maximum atomic E-state index is 12.9. The molecule has 0 radical (unpaired) electrons. The highest BCUT2D eigenvalue weighted by atomic mass is 32.3. The lowest BCUT2D eigenvalue weighted by Crippen LogP contribution is -2.27. The Morgan fingerprint density at radius 1 is 1.10 bits per heavy atom. The number of hydrogen-bond acceptors (Lipinski definition) is 11. The summed E-state index contributed by atoms with van der Waals surface area (Å²) in [5.41, 5.74) is -0.804. The molecule has 30 heavy (non-hydrogen) atoms. The summed E-state index contributed by atoms with van der Waals surface area (Å²) in [5.74, 6) is -2.04. The van der Waals surface area contributed by atoms with Crippen LogP contribution in [0.4, 0.5) is 8.78 Å². The largest absolute Gasteiger partial charge is 0.457 e. The van der Waals surface area contributed by atoms with Crippen molar-refractivity contribution < 1.29 is 54.7 Å². The number of halogens is 2. The van der Waals surface area contributed by atoms with Gasteiger partial charge in [0.25, 0.3) is 0 Å². The highest BCUT2D eigenvalue weighted by Crippen LogP contribution is 2.31. The van der Waals surface area contributed by atoms with Crippen molar-refractivity contribution in [3.63, 3.8) is 0 Å². The number of benzene rings is 1. The van der Waals surface area contributed by atoms with Gasteiger partial charge >= 0.3 is 28.1 Å². The van der Waals surface area contributed by atoms with Crippen molar-refractivity contribution in [3.8, 4) is 5.75 Å². The molecule has 10 nitrogen and oxygen atoms in total. The van der Waals surface area contributed by atoms with E-state index < -0.39 is 44.6 Å². The second-order valence-electron chi connectivity index (χ2n) is 6.16. The van der Waals surface area contributed by atoms with E-state index in [1.54, 1.807) is 20.8 Å². The molecule has 0 unspecified atom stereocenters. The third-order valence-corrected chi connectivity index (χ3v) is 4.89. The molecule has 0 aromatic heterocycles. The molecule has 0 saturated carbocycles. The molecule has 0 aliphatic carbocycles. The molecule has 0 heterocycles. The van der Waals surface area contributed by atoms with E-state index in [2.05, 4.69) is 18.4 Å². The Bertz CT molecular complexity index is 872. The highest BCUT2D eigenvalue weighted by molar-refractivity contribution is 8.14. The zero-order valence-corrected chi connectivity index (χ0v) is 17.8. The minimum atomic E-state index is -4.97. The van der Waals surface area contributed by atoms with Gasteiger partial charge < -0.3 is 13.7 Å². The molecule has 14 heteroatoms. The van der Waals surface area contributed by atoms with E-state index in [1.165, 1.54) is 0 Å². The molecule has 1 rings (SSSR count). The molecular formula is C16H18F2O10S2.